The van der Waals surface area contributed by atoms with Gasteiger partial charge in [0.05, 0.1) is 11.8 Å². The van der Waals surface area contributed by atoms with Gasteiger partial charge in [-0.1, -0.05) is 23.4 Å². The van der Waals surface area contributed by atoms with Gasteiger partial charge in [-0.25, -0.2) is 0 Å². The zero-order chi connectivity index (χ0) is 15.4. The van der Waals surface area contributed by atoms with E-state index in [1.165, 1.54) is 0 Å². The fraction of sp³-hybridized carbons (Fsp3) is 0.500. The highest BCUT2D eigenvalue weighted by Gasteiger charge is 2.35. The van der Waals surface area contributed by atoms with Crippen LogP contribution in [0.4, 0.5) is 0 Å². The molecule has 0 radical (unpaired) electrons. The van der Waals surface area contributed by atoms with Gasteiger partial charge >= 0.3 is 0 Å². The molecule has 22 heavy (non-hydrogen) atoms. The molecule has 0 spiro atoms. The Morgan fingerprint density at radius 3 is 2.73 bits per heavy atom. The van der Waals surface area contributed by atoms with Gasteiger partial charge in [-0.2, -0.15) is 0 Å². The lowest BCUT2D eigenvalue weighted by Crippen LogP contribution is -2.27. The number of nitrogens with zero attached hydrogens (tertiary/aromatic N) is 4. The molecule has 0 bridgehead atoms. The molecular formula is C16H22N4O2. The van der Waals surface area contributed by atoms with Crippen molar-refractivity contribution in [1.82, 2.24) is 19.9 Å². The summed E-state index contributed by atoms with van der Waals surface area (Å²) in [5.41, 5.74) is 1.00. The molecule has 0 unspecified atom stereocenters. The van der Waals surface area contributed by atoms with Crippen LogP contribution >= 0.6 is 0 Å². The third-order valence-corrected chi connectivity index (χ3v) is 4.06. The Bertz CT molecular complexity index is 587. The fourth-order valence-electron chi connectivity index (χ4n) is 2.90. The lowest BCUT2D eigenvalue weighted by molar-refractivity contribution is 0.0948. The SMILES string of the molecule is CO[C@@H]1CN(CCOc2ccccc2)C[C@H]1c1cn(C)nn1. The Kier molecular flexibility index (Phi) is 4.70. The summed E-state index contributed by atoms with van der Waals surface area (Å²) in [4.78, 5) is 2.36. The average Bonchev–Trinajstić information content (AvgIpc) is 3.14. The quantitative estimate of drug-likeness (QED) is 0.805. The highest BCUT2D eigenvalue weighted by molar-refractivity contribution is 5.20. The normalized spacial score (nSPS) is 22.1. The van der Waals surface area contributed by atoms with Gasteiger partial charge in [0, 0.05) is 45.9 Å². The van der Waals surface area contributed by atoms with Crippen LogP contribution in [0.15, 0.2) is 36.5 Å². The van der Waals surface area contributed by atoms with Crippen molar-refractivity contribution in [3.05, 3.63) is 42.2 Å². The van der Waals surface area contributed by atoms with Gasteiger partial charge in [-0.05, 0) is 12.1 Å². The van der Waals surface area contributed by atoms with E-state index >= 15 is 0 Å². The van der Waals surface area contributed by atoms with Gasteiger partial charge in [0.25, 0.3) is 0 Å². The number of hydrogen-bond acceptors (Lipinski definition) is 5. The Hall–Kier alpha value is -1.92. The molecule has 6 heteroatoms. The number of aryl methyl sites for hydroxylation is 1. The Balaban J connectivity index is 1.53. The number of methoxy groups -OCH3 is 1. The number of ether oxygens (including phenoxy) is 2. The van der Waals surface area contributed by atoms with Crippen molar-refractivity contribution in [2.75, 3.05) is 33.4 Å². The first-order valence-electron chi connectivity index (χ1n) is 7.55. The van der Waals surface area contributed by atoms with E-state index < -0.39 is 0 Å². The number of para-hydroxylation sites is 1. The van der Waals surface area contributed by atoms with Crippen molar-refractivity contribution < 1.29 is 9.47 Å². The third-order valence-electron chi connectivity index (χ3n) is 4.06. The smallest absolute Gasteiger partial charge is 0.119 e. The second kappa shape index (κ2) is 6.89. The van der Waals surface area contributed by atoms with E-state index in [4.69, 9.17) is 9.47 Å². The standard InChI is InChI=1S/C16H22N4O2/c1-19-11-15(17-18-19)14-10-20(12-16(14)21-2)8-9-22-13-6-4-3-5-7-13/h3-7,11,14,16H,8-10,12H2,1-2H3/t14-,16+/m0/s1. The summed E-state index contributed by atoms with van der Waals surface area (Å²) in [6.45, 7) is 3.38. The summed E-state index contributed by atoms with van der Waals surface area (Å²) < 4.78 is 13.1. The predicted octanol–water partition coefficient (Wildman–Crippen LogP) is 1.31. The zero-order valence-corrected chi connectivity index (χ0v) is 13.1. The van der Waals surface area contributed by atoms with Crippen LogP contribution in [0.1, 0.15) is 11.6 Å². The van der Waals surface area contributed by atoms with E-state index in [1.54, 1.807) is 11.8 Å². The Labute approximate surface area is 130 Å². The molecule has 0 N–H and O–H groups in total. The molecule has 1 saturated heterocycles. The van der Waals surface area contributed by atoms with Crippen molar-refractivity contribution >= 4 is 0 Å². The predicted molar refractivity (Wildman–Crippen MR) is 82.9 cm³/mol. The molecule has 2 atom stereocenters. The monoisotopic (exact) mass is 302 g/mol. The van der Waals surface area contributed by atoms with E-state index in [0.29, 0.717) is 6.61 Å². The van der Waals surface area contributed by atoms with Crippen LogP contribution in [-0.2, 0) is 11.8 Å². The molecule has 1 aliphatic heterocycles. The van der Waals surface area contributed by atoms with Crippen LogP contribution in [0.3, 0.4) is 0 Å². The summed E-state index contributed by atoms with van der Waals surface area (Å²) in [6.07, 6.45) is 2.13. The number of rotatable bonds is 6. The maximum absolute atomic E-state index is 5.77. The van der Waals surface area contributed by atoms with Gasteiger partial charge in [0.15, 0.2) is 0 Å². The van der Waals surface area contributed by atoms with Crippen LogP contribution in [0, 0.1) is 0 Å². The summed E-state index contributed by atoms with van der Waals surface area (Å²) in [5, 5.41) is 8.26. The summed E-state index contributed by atoms with van der Waals surface area (Å²) in [7, 11) is 3.65. The van der Waals surface area contributed by atoms with E-state index in [1.807, 2.05) is 43.6 Å². The second-order valence-corrected chi connectivity index (χ2v) is 5.62. The van der Waals surface area contributed by atoms with E-state index in [0.717, 1.165) is 31.1 Å². The molecule has 3 rings (SSSR count). The van der Waals surface area contributed by atoms with Crippen LogP contribution in [0.2, 0.25) is 0 Å². The average molecular weight is 302 g/mol. The number of aromatic nitrogens is 3. The third kappa shape index (κ3) is 3.45. The van der Waals surface area contributed by atoms with Crippen LogP contribution in [0.5, 0.6) is 5.75 Å². The fourth-order valence-corrected chi connectivity index (χ4v) is 2.90. The van der Waals surface area contributed by atoms with Gasteiger partial charge in [0.1, 0.15) is 12.4 Å². The summed E-state index contributed by atoms with van der Waals surface area (Å²) in [5.74, 6) is 1.19. The number of benzene rings is 1. The molecule has 1 aromatic carbocycles. The summed E-state index contributed by atoms with van der Waals surface area (Å²) >= 11 is 0. The summed E-state index contributed by atoms with van der Waals surface area (Å²) in [6, 6.07) is 9.91. The highest BCUT2D eigenvalue weighted by atomic mass is 16.5. The van der Waals surface area contributed by atoms with Gasteiger partial charge < -0.3 is 9.47 Å². The van der Waals surface area contributed by atoms with Gasteiger partial charge in [-0.3, -0.25) is 9.58 Å². The number of likely N-dealkylation sites (tertiary alicyclic amines) is 1. The molecule has 1 fully saturated rings. The lowest BCUT2D eigenvalue weighted by Gasteiger charge is -2.15. The molecular weight excluding hydrogens is 280 g/mol. The van der Waals surface area contributed by atoms with Crippen LogP contribution < -0.4 is 4.74 Å². The van der Waals surface area contributed by atoms with E-state index in [-0.39, 0.29) is 12.0 Å². The highest BCUT2D eigenvalue weighted by Crippen LogP contribution is 2.27. The number of hydrogen-bond donors (Lipinski definition) is 0. The van der Waals surface area contributed by atoms with Crippen molar-refractivity contribution in [3.63, 3.8) is 0 Å². The minimum atomic E-state index is 0.161. The maximum atomic E-state index is 5.77. The molecule has 0 aliphatic carbocycles. The first-order valence-corrected chi connectivity index (χ1v) is 7.55. The topological polar surface area (TPSA) is 52.4 Å². The minimum Gasteiger partial charge on any atom is -0.492 e. The molecule has 1 aliphatic rings. The van der Waals surface area contributed by atoms with E-state index in [9.17, 15) is 0 Å². The molecule has 0 saturated carbocycles. The van der Waals surface area contributed by atoms with Gasteiger partial charge in [0.2, 0.25) is 0 Å². The Morgan fingerprint density at radius 1 is 1.23 bits per heavy atom. The molecule has 2 aromatic rings. The van der Waals surface area contributed by atoms with Crippen LogP contribution in [-0.4, -0.2) is 59.3 Å². The first kappa shape index (κ1) is 15.0. The first-order chi connectivity index (χ1) is 10.8. The Morgan fingerprint density at radius 2 is 2.05 bits per heavy atom. The lowest BCUT2D eigenvalue weighted by atomic mass is 10.0. The van der Waals surface area contributed by atoms with Crippen molar-refractivity contribution in [2.24, 2.45) is 7.05 Å². The molecule has 2 heterocycles. The zero-order valence-electron chi connectivity index (χ0n) is 13.1. The van der Waals surface area contributed by atoms with Crippen molar-refractivity contribution in [3.8, 4) is 5.75 Å². The maximum Gasteiger partial charge on any atom is 0.119 e. The largest absolute Gasteiger partial charge is 0.492 e. The molecule has 118 valence electrons. The second-order valence-electron chi connectivity index (χ2n) is 5.62. The van der Waals surface area contributed by atoms with E-state index in [2.05, 4.69) is 15.2 Å². The minimum absolute atomic E-state index is 0.161. The van der Waals surface area contributed by atoms with Crippen molar-refractivity contribution in [2.45, 2.75) is 12.0 Å². The van der Waals surface area contributed by atoms with Crippen LogP contribution in [0.25, 0.3) is 0 Å². The molecule has 6 nitrogen and oxygen atoms in total. The molecule has 0 amide bonds. The molecule has 1 aromatic heterocycles. The van der Waals surface area contributed by atoms with Crippen molar-refractivity contribution in [1.29, 1.82) is 0 Å². The van der Waals surface area contributed by atoms with Gasteiger partial charge in [-0.15, -0.1) is 5.10 Å².